The molecular formula is C13H19N3O3S. The van der Waals surface area contributed by atoms with Crippen LogP contribution in [-0.2, 0) is 16.0 Å². The van der Waals surface area contributed by atoms with Gasteiger partial charge in [0.15, 0.2) is 5.13 Å². The van der Waals surface area contributed by atoms with Crippen molar-refractivity contribution in [2.24, 2.45) is 0 Å². The number of anilines is 1. The Balaban J connectivity index is 1.85. The Morgan fingerprint density at radius 1 is 1.50 bits per heavy atom. The SMILES string of the molecule is CC(C)NC(=O)CCNc1nc2c(s1)CCC2C(=O)O. The first kappa shape index (κ1) is 14.8. The topological polar surface area (TPSA) is 91.3 Å². The van der Waals surface area contributed by atoms with Crippen LogP contribution in [0.4, 0.5) is 5.13 Å². The summed E-state index contributed by atoms with van der Waals surface area (Å²) in [4.78, 5) is 27.9. The fourth-order valence-electron chi connectivity index (χ4n) is 2.22. The van der Waals surface area contributed by atoms with Gasteiger partial charge >= 0.3 is 5.97 Å². The number of amides is 1. The van der Waals surface area contributed by atoms with Crippen LogP contribution in [0.3, 0.4) is 0 Å². The molecule has 1 aromatic rings. The molecule has 3 N–H and O–H groups in total. The number of nitrogens with one attached hydrogen (secondary N) is 2. The zero-order valence-electron chi connectivity index (χ0n) is 11.6. The summed E-state index contributed by atoms with van der Waals surface area (Å²) < 4.78 is 0. The number of nitrogens with zero attached hydrogens (tertiary/aromatic N) is 1. The van der Waals surface area contributed by atoms with Gasteiger partial charge < -0.3 is 15.7 Å². The fraction of sp³-hybridized carbons (Fsp3) is 0.615. The standard InChI is InChI=1S/C13H19N3O3S/c1-7(2)15-10(17)5-6-14-13-16-11-8(12(18)19)3-4-9(11)20-13/h7-8H,3-6H2,1-2H3,(H,14,16)(H,15,17)(H,18,19). The molecule has 1 heterocycles. The molecule has 20 heavy (non-hydrogen) atoms. The molecule has 2 rings (SSSR count). The van der Waals surface area contributed by atoms with Crippen molar-refractivity contribution in [3.63, 3.8) is 0 Å². The Morgan fingerprint density at radius 3 is 2.90 bits per heavy atom. The van der Waals surface area contributed by atoms with Gasteiger partial charge in [-0.15, -0.1) is 11.3 Å². The molecule has 7 heteroatoms. The first-order valence-corrected chi connectivity index (χ1v) is 7.54. The summed E-state index contributed by atoms with van der Waals surface area (Å²) in [6, 6.07) is 0.141. The van der Waals surface area contributed by atoms with Crippen molar-refractivity contribution in [1.82, 2.24) is 10.3 Å². The summed E-state index contributed by atoms with van der Waals surface area (Å²) in [6.45, 7) is 4.34. The van der Waals surface area contributed by atoms with Crippen LogP contribution in [0.25, 0.3) is 0 Å². The molecule has 0 saturated carbocycles. The molecule has 0 spiro atoms. The van der Waals surface area contributed by atoms with E-state index in [1.165, 1.54) is 11.3 Å². The van der Waals surface area contributed by atoms with Crippen LogP contribution in [0.5, 0.6) is 0 Å². The van der Waals surface area contributed by atoms with Gasteiger partial charge in [-0.3, -0.25) is 9.59 Å². The summed E-state index contributed by atoms with van der Waals surface area (Å²) in [5.41, 5.74) is 0.691. The highest BCUT2D eigenvalue weighted by Crippen LogP contribution is 2.38. The lowest BCUT2D eigenvalue weighted by atomic mass is 10.1. The maximum absolute atomic E-state index is 11.5. The Kier molecular flexibility index (Phi) is 4.59. The van der Waals surface area contributed by atoms with Gasteiger partial charge in [-0.2, -0.15) is 0 Å². The summed E-state index contributed by atoms with van der Waals surface area (Å²) in [6.07, 6.45) is 1.80. The maximum Gasteiger partial charge on any atom is 0.312 e. The van der Waals surface area contributed by atoms with E-state index in [4.69, 9.17) is 5.11 Å². The van der Waals surface area contributed by atoms with E-state index in [0.717, 1.165) is 11.3 Å². The number of fused-ring (bicyclic) bond motifs is 1. The number of aryl methyl sites for hydroxylation is 1. The molecule has 0 aliphatic heterocycles. The van der Waals surface area contributed by atoms with Gasteiger partial charge in [-0.05, 0) is 26.7 Å². The molecule has 0 fully saturated rings. The number of hydrogen-bond donors (Lipinski definition) is 3. The summed E-state index contributed by atoms with van der Waals surface area (Å²) in [5.74, 6) is -1.28. The smallest absolute Gasteiger partial charge is 0.312 e. The van der Waals surface area contributed by atoms with Crippen molar-refractivity contribution in [2.45, 2.75) is 45.1 Å². The molecule has 0 radical (unpaired) electrons. The van der Waals surface area contributed by atoms with Crippen molar-refractivity contribution in [3.8, 4) is 0 Å². The van der Waals surface area contributed by atoms with E-state index in [0.29, 0.717) is 30.2 Å². The number of carbonyl (C=O) groups excluding carboxylic acids is 1. The number of thiazole rings is 1. The van der Waals surface area contributed by atoms with Gasteiger partial charge in [0.05, 0.1) is 5.69 Å². The lowest BCUT2D eigenvalue weighted by molar-refractivity contribution is -0.138. The average molecular weight is 297 g/mol. The fourth-order valence-corrected chi connectivity index (χ4v) is 3.28. The second kappa shape index (κ2) is 6.21. The van der Waals surface area contributed by atoms with E-state index in [9.17, 15) is 9.59 Å². The first-order valence-electron chi connectivity index (χ1n) is 6.73. The van der Waals surface area contributed by atoms with Crippen molar-refractivity contribution in [3.05, 3.63) is 10.6 Å². The number of hydrogen-bond acceptors (Lipinski definition) is 5. The molecule has 1 atom stereocenters. The lowest BCUT2D eigenvalue weighted by Gasteiger charge is -2.08. The molecule has 0 bridgehead atoms. The Hall–Kier alpha value is -1.63. The molecule has 0 aromatic carbocycles. The zero-order chi connectivity index (χ0) is 14.7. The first-order chi connectivity index (χ1) is 9.47. The van der Waals surface area contributed by atoms with Crippen molar-refractivity contribution < 1.29 is 14.7 Å². The molecule has 1 amide bonds. The van der Waals surface area contributed by atoms with Gasteiger partial charge in [-0.1, -0.05) is 0 Å². The quantitative estimate of drug-likeness (QED) is 0.741. The van der Waals surface area contributed by atoms with Crippen LogP contribution >= 0.6 is 11.3 Å². The molecule has 1 aliphatic rings. The molecule has 1 unspecified atom stereocenters. The van der Waals surface area contributed by atoms with Crippen LogP contribution in [0.2, 0.25) is 0 Å². The highest BCUT2D eigenvalue weighted by molar-refractivity contribution is 7.15. The Bertz CT molecular complexity index is 513. The van der Waals surface area contributed by atoms with Crippen LogP contribution in [0.1, 0.15) is 43.2 Å². The third kappa shape index (κ3) is 3.47. The van der Waals surface area contributed by atoms with Crippen LogP contribution in [0.15, 0.2) is 0 Å². The average Bonchev–Trinajstić information content (AvgIpc) is 2.86. The number of carbonyl (C=O) groups is 2. The number of carboxylic acids is 1. The largest absolute Gasteiger partial charge is 0.481 e. The van der Waals surface area contributed by atoms with Gasteiger partial charge in [-0.25, -0.2) is 4.98 Å². The summed E-state index contributed by atoms with van der Waals surface area (Å²) >= 11 is 1.49. The molecule has 6 nitrogen and oxygen atoms in total. The van der Waals surface area contributed by atoms with E-state index >= 15 is 0 Å². The minimum atomic E-state index is -0.808. The van der Waals surface area contributed by atoms with Gasteiger partial charge in [0.25, 0.3) is 0 Å². The van der Waals surface area contributed by atoms with Crippen LogP contribution < -0.4 is 10.6 Å². The van der Waals surface area contributed by atoms with E-state index < -0.39 is 11.9 Å². The number of carboxylic acid groups (broad SMARTS) is 1. The second-order valence-electron chi connectivity index (χ2n) is 5.16. The molecule has 0 saturated heterocycles. The normalized spacial score (nSPS) is 17.1. The van der Waals surface area contributed by atoms with E-state index in [2.05, 4.69) is 15.6 Å². The van der Waals surface area contributed by atoms with Crippen molar-refractivity contribution in [2.75, 3.05) is 11.9 Å². The lowest BCUT2D eigenvalue weighted by Crippen LogP contribution is -2.31. The predicted molar refractivity (Wildman–Crippen MR) is 77.2 cm³/mol. The van der Waals surface area contributed by atoms with Crippen molar-refractivity contribution in [1.29, 1.82) is 0 Å². The monoisotopic (exact) mass is 297 g/mol. The molecule has 1 aliphatic carbocycles. The highest BCUT2D eigenvalue weighted by Gasteiger charge is 2.32. The van der Waals surface area contributed by atoms with Gasteiger partial charge in [0.1, 0.15) is 5.92 Å². The third-order valence-corrected chi connectivity index (χ3v) is 4.18. The summed E-state index contributed by atoms with van der Waals surface area (Å²) in [5, 5.41) is 15.7. The molecule has 1 aromatic heterocycles. The van der Waals surface area contributed by atoms with Crippen LogP contribution in [-0.4, -0.2) is 34.6 Å². The van der Waals surface area contributed by atoms with E-state index in [-0.39, 0.29) is 11.9 Å². The summed E-state index contributed by atoms with van der Waals surface area (Å²) in [7, 11) is 0. The minimum absolute atomic E-state index is 0.00000900. The van der Waals surface area contributed by atoms with Crippen molar-refractivity contribution >= 4 is 28.3 Å². The number of aliphatic carboxylic acids is 1. The number of aromatic nitrogens is 1. The third-order valence-electron chi connectivity index (χ3n) is 3.09. The van der Waals surface area contributed by atoms with E-state index in [1.807, 2.05) is 13.8 Å². The number of rotatable bonds is 6. The van der Waals surface area contributed by atoms with Crippen LogP contribution in [0, 0.1) is 0 Å². The Labute approximate surface area is 121 Å². The second-order valence-corrected chi connectivity index (χ2v) is 6.24. The predicted octanol–water partition coefficient (Wildman–Crippen LogP) is 1.58. The van der Waals surface area contributed by atoms with E-state index in [1.54, 1.807) is 0 Å². The maximum atomic E-state index is 11.5. The van der Waals surface area contributed by atoms with Gasteiger partial charge in [0.2, 0.25) is 5.91 Å². The van der Waals surface area contributed by atoms with Gasteiger partial charge in [0, 0.05) is 23.9 Å². The molecule has 110 valence electrons. The molecular weight excluding hydrogens is 278 g/mol. The zero-order valence-corrected chi connectivity index (χ0v) is 12.4. The minimum Gasteiger partial charge on any atom is -0.481 e. The highest BCUT2D eigenvalue weighted by atomic mass is 32.1. The Morgan fingerprint density at radius 2 is 2.25 bits per heavy atom.